The van der Waals surface area contributed by atoms with Gasteiger partial charge in [-0.25, -0.2) is 13.6 Å². The average molecular weight is 298 g/mol. The highest BCUT2D eigenvalue weighted by Gasteiger charge is 2.22. The number of rotatable bonds is 2. The third kappa shape index (κ3) is 4.14. The van der Waals surface area contributed by atoms with Crippen LogP contribution >= 0.6 is 0 Å². The second-order valence-corrected chi connectivity index (χ2v) is 6.18. The maximum Gasteiger partial charge on any atom is 0.412 e. The van der Waals surface area contributed by atoms with Crippen molar-refractivity contribution in [2.24, 2.45) is 0 Å². The first-order chi connectivity index (χ1) is 9.76. The molecule has 6 heteroatoms. The Morgan fingerprint density at radius 3 is 2.67 bits per heavy atom. The van der Waals surface area contributed by atoms with E-state index in [1.165, 1.54) is 12.1 Å². The van der Waals surface area contributed by atoms with E-state index in [9.17, 15) is 13.6 Å². The maximum absolute atomic E-state index is 13.8. The maximum atomic E-state index is 13.8. The summed E-state index contributed by atoms with van der Waals surface area (Å²) in [6.07, 6.45) is 0.0548. The second-order valence-electron chi connectivity index (χ2n) is 6.18. The summed E-state index contributed by atoms with van der Waals surface area (Å²) in [6.45, 7) is 6.66. The van der Waals surface area contributed by atoms with Crippen molar-refractivity contribution in [3.8, 4) is 0 Å². The van der Waals surface area contributed by atoms with Crippen molar-refractivity contribution in [3.05, 3.63) is 29.3 Å². The fourth-order valence-corrected chi connectivity index (χ4v) is 2.29. The predicted octanol–water partition coefficient (Wildman–Crippen LogP) is 3.39. The van der Waals surface area contributed by atoms with Gasteiger partial charge in [0.25, 0.3) is 0 Å². The third-order valence-electron chi connectivity index (χ3n) is 3.22. The largest absolute Gasteiger partial charge is 0.444 e. The Balaban J connectivity index is 2.20. The van der Waals surface area contributed by atoms with Crippen molar-refractivity contribution in [1.82, 2.24) is 5.32 Å². The van der Waals surface area contributed by atoms with E-state index in [0.29, 0.717) is 5.56 Å². The summed E-state index contributed by atoms with van der Waals surface area (Å²) in [5, 5.41) is 5.44. The van der Waals surface area contributed by atoms with Crippen molar-refractivity contribution in [2.45, 2.75) is 38.7 Å². The molecule has 4 nitrogen and oxygen atoms in total. The Kier molecular flexibility index (Phi) is 4.46. The molecule has 0 bridgehead atoms. The van der Waals surface area contributed by atoms with Gasteiger partial charge in [-0.3, -0.25) is 5.32 Å². The van der Waals surface area contributed by atoms with Crippen LogP contribution in [0.3, 0.4) is 0 Å². The molecule has 1 aromatic rings. The number of nitrogens with one attached hydrogen (secondary N) is 2. The molecule has 1 amide bonds. The first-order valence-electron chi connectivity index (χ1n) is 6.96. The molecule has 2 N–H and O–H groups in total. The number of hydrogen-bond donors (Lipinski definition) is 2. The van der Waals surface area contributed by atoms with E-state index in [0.717, 1.165) is 19.5 Å². The molecule has 1 heterocycles. The van der Waals surface area contributed by atoms with Crippen LogP contribution in [0.2, 0.25) is 0 Å². The van der Waals surface area contributed by atoms with E-state index >= 15 is 0 Å². The van der Waals surface area contributed by atoms with E-state index in [4.69, 9.17) is 4.74 Å². The highest BCUT2D eigenvalue weighted by atomic mass is 19.2. The lowest BCUT2D eigenvalue weighted by molar-refractivity contribution is 0.0635. The Hall–Kier alpha value is -1.69. The predicted molar refractivity (Wildman–Crippen MR) is 76.4 cm³/mol. The zero-order chi connectivity index (χ0) is 15.6. The first-order valence-corrected chi connectivity index (χ1v) is 6.96. The molecule has 0 saturated carbocycles. The quantitative estimate of drug-likeness (QED) is 0.880. The minimum atomic E-state index is -1.07. The van der Waals surface area contributed by atoms with Crippen LogP contribution in [0.1, 0.15) is 38.7 Å². The number of benzene rings is 1. The van der Waals surface area contributed by atoms with Crippen LogP contribution in [0, 0.1) is 11.6 Å². The van der Waals surface area contributed by atoms with Gasteiger partial charge in [0.2, 0.25) is 0 Å². The normalized spacial score (nSPS) is 18.6. The molecule has 1 aromatic carbocycles. The summed E-state index contributed by atoms with van der Waals surface area (Å²) in [4.78, 5) is 11.7. The highest BCUT2D eigenvalue weighted by molar-refractivity contribution is 5.85. The van der Waals surface area contributed by atoms with Gasteiger partial charge < -0.3 is 10.1 Å². The molecule has 2 rings (SSSR count). The third-order valence-corrected chi connectivity index (χ3v) is 3.22. The van der Waals surface area contributed by atoms with E-state index < -0.39 is 23.3 Å². The molecule has 1 unspecified atom stereocenters. The van der Waals surface area contributed by atoms with Gasteiger partial charge in [0.05, 0.1) is 5.69 Å². The van der Waals surface area contributed by atoms with Crippen molar-refractivity contribution in [3.63, 3.8) is 0 Å². The summed E-state index contributed by atoms with van der Waals surface area (Å²) in [5.74, 6) is -1.92. The van der Waals surface area contributed by atoms with Crippen molar-refractivity contribution in [2.75, 3.05) is 18.4 Å². The number of anilines is 1. The van der Waals surface area contributed by atoms with Crippen LogP contribution in [-0.2, 0) is 4.74 Å². The molecule has 0 aromatic heterocycles. The smallest absolute Gasteiger partial charge is 0.412 e. The Morgan fingerprint density at radius 1 is 1.38 bits per heavy atom. The first kappa shape index (κ1) is 15.7. The zero-order valence-corrected chi connectivity index (χ0v) is 12.4. The van der Waals surface area contributed by atoms with Crippen molar-refractivity contribution in [1.29, 1.82) is 0 Å². The molecule has 1 aliphatic rings. The fourth-order valence-electron chi connectivity index (χ4n) is 2.29. The minimum absolute atomic E-state index is 0.124. The van der Waals surface area contributed by atoms with E-state index in [1.54, 1.807) is 20.8 Å². The van der Waals surface area contributed by atoms with Gasteiger partial charge in [-0.05, 0) is 57.4 Å². The molecule has 0 radical (unpaired) electrons. The standard InChI is InChI=1S/C15H20F2N2O2/c1-15(2,3)21-14(20)19-12-7-10(6-11(16)13(12)17)9-4-5-18-8-9/h6-7,9,18H,4-5,8H2,1-3H3,(H,19,20). The molecular weight excluding hydrogens is 278 g/mol. The van der Waals surface area contributed by atoms with Crippen LogP contribution in [0.15, 0.2) is 12.1 Å². The van der Waals surface area contributed by atoms with Gasteiger partial charge in [-0.15, -0.1) is 0 Å². The number of ether oxygens (including phenoxy) is 1. The van der Waals surface area contributed by atoms with E-state index in [1.807, 2.05) is 0 Å². The Morgan fingerprint density at radius 2 is 2.10 bits per heavy atom. The van der Waals surface area contributed by atoms with Crippen molar-refractivity contribution >= 4 is 11.8 Å². The molecule has 116 valence electrons. The Labute approximate surface area is 122 Å². The molecule has 21 heavy (non-hydrogen) atoms. The summed E-state index contributed by atoms with van der Waals surface area (Å²) in [7, 11) is 0. The van der Waals surface area contributed by atoms with E-state index in [2.05, 4.69) is 10.6 Å². The average Bonchev–Trinajstić information content (AvgIpc) is 2.86. The molecule has 1 fully saturated rings. The van der Waals surface area contributed by atoms with Gasteiger partial charge in [0, 0.05) is 6.54 Å². The topological polar surface area (TPSA) is 50.4 Å². The molecule has 1 saturated heterocycles. The number of carbonyl (C=O) groups excluding carboxylic acids is 1. The van der Waals surface area contributed by atoms with Gasteiger partial charge in [0.1, 0.15) is 5.60 Å². The summed E-state index contributed by atoms with van der Waals surface area (Å²) >= 11 is 0. The fraction of sp³-hybridized carbons (Fsp3) is 0.533. The van der Waals surface area contributed by atoms with Crippen LogP contribution < -0.4 is 10.6 Å². The molecule has 1 aliphatic heterocycles. The zero-order valence-electron chi connectivity index (χ0n) is 12.4. The monoisotopic (exact) mass is 298 g/mol. The van der Waals surface area contributed by atoms with Crippen LogP contribution in [0.4, 0.5) is 19.3 Å². The van der Waals surface area contributed by atoms with Crippen LogP contribution in [0.5, 0.6) is 0 Å². The summed E-state index contributed by atoms with van der Waals surface area (Å²) in [6, 6.07) is 2.66. The molecular formula is C15H20F2N2O2. The lowest BCUT2D eigenvalue weighted by Crippen LogP contribution is -2.27. The number of halogens is 2. The molecule has 1 atom stereocenters. The molecule has 0 spiro atoms. The van der Waals surface area contributed by atoms with Crippen LogP contribution in [-0.4, -0.2) is 24.8 Å². The Bertz CT molecular complexity index is 535. The SMILES string of the molecule is CC(C)(C)OC(=O)Nc1cc(C2CCNC2)cc(F)c1F. The lowest BCUT2D eigenvalue weighted by Gasteiger charge is -2.20. The highest BCUT2D eigenvalue weighted by Crippen LogP contribution is 2.28. The second kappa shape index (κ2) is 5.97. The summed E-state index contributed by atoms with van der Waals surface area (Å²) in [5.41, 5.74) is -0.220. The van der Waals surface area contributed by atoms with Gasteiger partial charge in [-0.2, -0.15) is 0 Å². The number of carbonyl (C=O) groups is 1. The van der Waals surface area contributed by atoms with Gasteiger partial charge in [0.15, 0.2) is 11.6 Å². The number of hydrogen-bond acceptors (Lipinski definition) is 3. The van der Waals surface area contributed by atoms with E-state index in [-0.39, 0.29) is 11.6 Å². The van der Waals surface area contributed by atoms with Crippen molar-refractivity contribution < 1.29 is 18.3 Å². The summed E-state index contributed by atoms with van der Waals surface area (Å²) < 4.78 is 32.5. The van der Waals surface area contributed by atoms with Crippen LogP contribution in [0.25, 0.3) is 0 Å². The lowest BCUT2D eigenvalue weighted by atomic mass is 9.97. The van der Waals surface area contributed by atoms with Gasteiger partial charge in [-0.1, -0.05) is 0 Å². The minimum Gasteiger partial charge on any atom is -0.444 e. The van der Waals surface area contributed by atoms with Gasteiger partial charge >= 0.3 is 6.09 Å². The number of amides is 1. The molecule has 0 aliphatic carbocycles.